The molecule has 0 aliphatic carbocycles. The summed E-state index contributed by atoms with van der Waals surface area (Å²) in [6.45, 7) is 8.60. The molecule has 0 saturated carbocycles. The maximum Gasteiger partial charge on any atom is 0.489 e. The summed E-state index contributed by atoms with van der Waals surface area (Å²) in [5, 5.41) is 19.0. The Hall–Kier alpha value is -1.58. The van der Waals surface area contributed by atoms with E-state index in [1.165, 1.54) is 11.1 Å². The first-order valence-electron chi connectivity index (χ1n) is 6.86. The number of benzene rings is 2. The van der Waals surface area contributed by atoms with Gasteiger partial charge < -0.3 is 10.0 Å². The average molecular weight is 268 g/mol. The summed E-state index contributed by atoms with van der Waals surface area (Å²) >= 11 is 0. The summed E-state index contributed by atoms with van der Waals surface area (Å²) in [7, 11) is -1.45. The van der Waals surface area contributed by atoms with Gasteiger partial charge in [0.2, 0.25) is 0 Å². The zero-order chi connectivity index (χ0) is 14.9. The largest absolute Gasteiger partial charge is 0.489 e. The summed E-state index contributed by atoms with van der Waals surface area (Å²) in [5.74, 6) is 0. The third-order valence-electron chi connectivity index (χ3n) is 3.49. The molecule has 2 rings (SSSR count). The van der Waals surface area contributed by atoms with Crippen LogP contribution in [0.4, 0.5) is 0 Å². The van der Waals surface area contributed by atoms with Crippen LogP contribution in [-0.4, -0.2) is 17.2 Å². The highest BCUT2D eigenvalue weighted by Crippen LogP contribution is 2.28. The Morgan fingerprint density at radius 1 is 0.950 bits per heavy atom. The molecule has 0 heterocycles. The first-order valence-corrected chi connectivity index (χ1v) is 6.86. The summed E-state index contributed by atoms with van der Waals surface area (Å²) in [6, 6.07) is 13.8. The van der Waals surface area contributed by atoms with E-state index in [4.69, 9.17) is 0 Å². The highest BCUT2D eigenvalue weighted by Gasteiger charge is 2.19. The minimum absolute atomic E-state index is 0.0630. The second kappa shape index (κ2) is 5.43. The zero-order valence-corrected chi connectivity index (χ0v) is 12.5. The Kier molecular flexibility index (Phi) is 4.02. The zero-order valence-electron chi connectivity index (χ0n) is 12.5. The molecule has 0 aliphatic heterocycles. The first-order chi connectivity index (χ1) is 9.29. The molecule has 0 atom stereocenters. The molecular weight excluding hydrogens is 247 g/mol. The first kappa shape index (κ1) is 14.8. The van der Waals surface area contributed by atoms with Crippen LogP contribution in [0.5, 0.6) is 0 Å². The molecule has 0 amide bonds. The van der Waals surface area contributed by atoms with E-state index >= 15 is 0 Å². The summed E-state index contributed by atoms with van der Waals surface area (Å²) in [4.78, 5) is 0. The minimum atomic E-state index is -1.45. The van der Waals surface area contributed by atoms with Crippen molar-refractivity contribution < 1.29 is 10.0 Å². The molecule has 2 aromatic rings. The van der Waals surface area contributed by atoms with Crippen molar-refractivity contribution in [1.82, 2.24) is 0 Å². The molecule has 0 fully saturated rings. The van der Waals surface area contributed by atoms with E-state index in [-0.39, 0.29) is 5.41 Å². The molecule has 20 heavy (non-hydrogen) atoms. The molecule has 0 bridgehead atoms. The van der Waals surface area contributed by atoms with Gasteiger partial charge in [0.05, 0.1) is 0 Å². The standard InChI is InChI=1S/C17H21BO2/c1-12-9-13(11-14(10-12)17(2,3)4)15-7-5-6-8-16(15)18(19)20/h5-11,19-20H,1-4H3. The summed E-state index contributed by atoms with van der Waals surface area (Å²) < 4.78 is 0. The number of rotatable bonds is 2. The lowest BCUT2D eigenvalue weighted by atomic mass is 9.74. The van der Waals surface area contributed by atoms with Crippen molar-refractivity contribution in [2.75, 3.05) is 0 Å². The summed E-state index contributed by atoms with van der Waals surface area (Å²) in [6.07, 6.45) is 0. The van der Waals surface area contributed by atoms with Crippen molar-refractivity contribution in [2.45, 2.75) is 33.1 Å². The lowest BCUT2D eigenvalue weighted by molar-refractivity contribution is 0.426. The topological polar surface area (TPSA) is 40.5 Å². The molecule has 2 N–H and O–H groups in total. The second-order valence-electron chi connectivity index (χ2n) is 6.30. The smallest absolute Gasteiger partial charge is 0.423 e. The van der Waals surface area contributed by atoms with Gasteiger partial charge in [-0.25, -0.2) is 0 Å². The van der Waals surface area contributed by atoms with Crippen LogP contribution in [0.3, 0.4) is 0 Å². The van der Waals surface area contributed by atoms with Crippen molar-refractivity contribution in [3.63, 3.8) is 0 Å². The van der Waals surface area contributed by atoms with Gasteiger partial charge in [0.25, 0.3) is 0 Å². The van der Waals surface area contributed by atoms with Crippen LogP contribution in [0.2, 0.25) is 0 Å². The minimum Gasteiger partial charge on any atom is -0.423 e. The molecule has 104 valence electrons. The molecule has 0 unspecified atom stereocenters. The quantitative estimate of drug-likeness (QED) is 0.822. The Morgan fingerprint density at radius 3 is 2.20 bits per heavy atom. The Bertz CT molecular complexity index is 613. The van der Waals surface area contributed by atoms with Crippen molar-refractivity contribution in [1.29, 1.82) is 0 Å². The van der Waals surface area contributed by atoms with Gasteiger partial charge in [0.15, 0.2) is 0 Å². The van der Waals surface area contributed by atoms with Gasteiger partial charge in [-0.15, -0.1) is 0 Å². The van der Waals surface area contributed by atoms with Crippen molar-refractivity contribution in [2.24, 2.45) is 0 Å². The van der Waals surface area contributed by atoms with Crippen LogP contribution in [-0.2, 0) is 5.41 Å². The third-order valence-corrected chi connectivity index (χ3v) is 3.49. The van der Waals surface area contributed by atoms with E-state index in [0.717, 1.165) is 11.1 Å². The maximum atomic E-state index is 9.52. The van der Waals surface area contributed by atoms with Crippen molar-refractivity contribution in [3.05, 3.63) is 53.6 Å². The van der Waals surface area contributed by atoms with Gasteiger partial charge in [-0.3, -0.25) is 0 Å². The fraction of sp³-hybridized carbons (Fsp3) is 0.294. The molecule has 0 radical (unpaired) electrons. The van der Waals surface area contributed by atoms with Gasteiger partial charge in [-0.1, -0.05) is 68.8 Å². The molecular formula is C17H21BO2. The van der Waals surface area contributed by atoms with E-state index in [1.807, 2.05) is 18.2 Å². The molecule has 0 saturated heterocycles. The van der Waals surface area contributed by atoms with E-state index < -0.39 is 7.12 Å². The van der Waals surface area contributed by atoms with Crippen LogP contribution in [0.15, 0.2) is 42.5 Å². The van der Waals surface area contributed by atoms with Crippen LogP contribution < -0.4 is 5.46 Å². The van der Waals surface area contributed by atoms with Gasteiger partial charge in [-0.2, -0.15) is 0 Å². The third kappa shape index (κ3) is 3.11. The van der Waals surface area contributed by atoms with Gasteiger partial charge in [-0.05, 0) is 34.5 Å². The van der Waals surface area contributed by atoms with Gasteiger partial charge >= 0.3 is 7.12 Å². The van der Waals surface area contributed by atoms with Gasteiger partial charge in [0.1, 0.15) is 0 Å². The SMILES string of the molecule is Cc1cc(-c2ccccc2B(O)O)cc(C(C)(C)C)c1. The molecule has 0 aromatic heterocycles. The van der Waals surface area contributed by atoms with E-state index in [2.05, 4.69) is 45.9 Å². The Morgan fingerprint density at radius 2 is 1.60 bits per heavy atom. The van der Waals surface area contributed by atoms with Gasteiger partial charge in [0, 0.05) is 0 Å². The predicted octanol–water partition coefficient (Wildman–Crippen LogP) is 2.64. The molecule has 2 nitrogen and oxygen atoms in total. The average Bonchev–Trinajstić information content (AvgIpc) is 2.37. The Labute approximate surface area is 121 Å². The predicted molar refractivity (Wildman–Crippen MR) is 85.1 cm³/mol. The van der Waals surface area contributed by atoms with E-state index in [1.54, 1.807) is 6.07 Å². The lowest BCUT2D eigenvalue weighted by Gasteiger charge is -2.21. The van der Waals surface area contributed by atoms with Crippen molar-refractivity contribution in [3.8, 4) is 11.1 Å². The number of hydrogen-bond acceptors (Lipinski definition) is 2. The maximum absolute atomic E-state index is 9.52. The lowest BCUT2D eigenvalue weighted by Crippen LogP contribution is -2.31. The van der Waals surface area contributed by atoms with Crippen LogP contribution >= 0.6 is 0 Å². The normalized spacial score (nSPS) is 11.5. The Balaban J connectivity index is 2.62. The van der Waals surface area contributed by atoms with Crippen molar-refractivity contribution >= 4 is 12.6 Å². The van der Waals surface area contributed by atoms with Crippen LogP contribution in [0.25, 0.3) is 11.1 Å². The number of hydrogen-bond donors (Lipinski definition) is 2. The fourth-order valence-electron chi connectivity index (χ4n) is 2.36. The van der Waals surface area contributed by atoms with E-state index in [0.29, 0.717) is 5.46 Å². The molecule has 2 aromatic carbocycles. The van der Waals surface area contributed by atoms with E-state index in [9.17, 15) is 10.0 Å². The molecule has 0 spiro atoms. The summed E-state index contributed by atoms with van der Waals surface area (Å²) in [5.41, 5.74) is 4.92. The highest BCUT2D eigenvalue weighted by molar-refractivity contribution is 6.60. The monoisotopic (exact) mass is 268 g/mol. The second-order valence-corrected chi connectivity index (χ2v) is 6.30. The van der Waals surface area contributed by atoms with Crippen LogP contribution in [0.1, 0.15) is 31.9 Å². The number of aryl methyl sites for hydroxylation is 1. The molecule has 0 aliphatic rings. The fourth-order valence-corrected chi connectivity index (χ4v) is 2.36. The van der Waals surface area contributed by atoms with Crippen LogP contribution in [0, 0.1) is 6.92 Å². The highest BCUT2D eigenvalue weighted by atomic mass is 16.4. The molecule has 3 heteroatoms.